The number of carbonyl (C=O) groups is 3. The van der Waals surface area contributed by atoms with E-state index in [0.717, 1.165) is 29.8 Å². The number of imide groups is 2. The van der Waals surface area contributed by atoms with E-state index in [4.69, 9.17) is 0 Å². The zero-order chi connectivity index (χ0) is 19.2. The maximum absolute atomic E-state index is 12.7. The third-order valence-electron chi connectivity index (χ3n) is 4.32. The Labute approximate surface area is 156 Å². The molecule has 1 aliphatic rings. The number of aryl methyl sites for hydroxylation is 2. The summed E-state index contributed by atoms with van der Waals surface area (Å²) in [5.74, 6) is -2.35. The quantitative estimate of drug-likeness (QED) is 0.458. The fourth-order valence-corrected chi connectivity index (χ4v) is 2.79. The Morgan fingerprint density at radius 3 is 2.67 bits per heavy atom. The molecule has 1 aromatic carbocycles. The number of carbonyl (C=O) groups excluding carboxylic acids is 3. The van der Waals surface area contributed by atoms with Gasteiger partial charge in [-0.05, 0) is 30.5 Å². The largest absolute Gasteiger partial charge is 0.337 e. The van der Waals surface area contributed by atoms with Gasteiger partial charge in [-0.15, -0.1) is 0 Å². The van der Waals surface area contributed by atoms with Gasteiger partial charge in [-0.25, -0.2) is 14.7 Å². The lowest BCUT2D eigenvalue weighted by molar-refractivity contribution is -0.131. The lowest BCUT2D eigenvalue weighted by Gasteiger charge is -2.28. The molecule has 4 amide bonds. The summed E-state index contributed by atoms with van der Waals surface area (Å²) in [7, 11) is 0. The van der Waals surface area contributed by atoms with Crippen molar-refractivity contribution in [3.8, 4) is 0 Å². The zero-order valence-corrected chi connectivity index (χ0v) is 15.0. The van der Waals surface area contributed by atoms with Gasteiger partial charge in [0.1, 0.15) is 0 Å². The van der Waals surface area contributed by atoms with Gasteiger partial charge in [0.15, 0.2) is 5.92 Å². The Morgan fingerprint density at radius 2 is 2.00 bits per heavy atom. The summed E-state index contributed by atoms with van der Waals surface area (Å²) in [6.07, 6.45) is 8.20. The van der Waals surface area contributed by atoms with Crippen molar-refractivity contribution in [1.29, 1.82) is 0 Å². The molecule has 8 heteroatoms. The molecule has 2 aromatic rings. The number of imidazole rings is 1. The SMILES string of the molecule is CCc1ccc(N2C(=O)NC(=O)[C@@H](C=NCCCn3ccnc3)C2=O)cc1. The fraction of sp³-hybridized carbons (Fsp3) is 0.316. The number of hydrogen-bond donors (Lipinski definition) is 1. The maximum atomic E-state index is 12.7. The second-order valence-corrected chi connectivity index (χ2v) is 6.18. The predicted octanol–water partition coefficient (Wildman–Crippen LogP) is 1.81. The number of anilines is 1. The van der Waals surface area contributed by atoms with E-state index in [9.17, 15) is 14.4 Å². The van der Waals surface area contributed by atoms with Crippen LogP contribution in [0.5, 0.6) is 0 Å². The number of hydrogen-bond acceptors (Lipinski definition) is 5. The zero-order valence-electron chi connectivity index (χ0n) is 15.0. The highest BCUT2D eigenvalue weighted by atomic mass is 16.2. The number of barbiturate groups is 1. The molecule has 0 bridgehead atoms. The predicted molar refractivity (Wildman–Crippen MR) is 101 cm³/mol. The van der Waals surface area contributed by atoms with Gasteiger partial charge < -0.3 is 4.57 Å². The monoisotopic (exact) mass is 367 g/mol. The minimum Gasteiger partial charge on any atom is -0.337 e. The van der Waals surface area contributed by atoms with E-state index < -0.39 is 23.8 Å². The van der Waals surface area contributed by atoms with Crippen LogP contribution in [0.1, 0.15) is 18.9 Å². The summed E-state index contributed by atoms with van der Waals surface area (Å²) in [6, 6.07) is 6.37. The maximum Gasteiger partial charge on any atom is 0.335 e. The van der Waals surface area contributed by atoms with E-state index in [1.165, 1.54) is 6.21 Å². The molecule has 1 N–H and O–H groups in total. The highest BCUT2D eigenvalue weighted by Gasteiger charge is 2.40. The van der Waals surface area contributed by atoms with Gasteiger partial charge in [0, 0.05) is 31.7 Å². The van der Waals surface area contributed by atoms with Gasteiger partial charge in [0.05, 0.1) is 12.0 Å². The van der Waals surface area contributed by atoms with Crippen molar-refractivity contribution in [2.45, 2.75) is 26.3 Å². The average molecular weight is 367 g/mol. The molecule has 0 unspecified atom stereocenters. The van der Waals surface area contributed by atoms with Crippen molar-refractivity contribution < 1.29 is 14.4 Å². The summed E-state index contributed by atoms with van der Waals surface area (Å²) in [4.78, 5) is 46.0. The van der Waals surface area contributed by atoms with Gasteiger partial charge >= 0.3 is 6.03 Å². The minimum absolute atomic E-state index is 0.431. The van der Waals surface area contributed by atoms with Crippen molar-refractivity contribution in [3.05, 3.63) is 48.5 Å². The fourth-order valence-electron chi connectivity index (χ4n) is 2.79. The first-order valence-corrected chi connectivity index (χ1v) is 8.83. The summed E-state index contributed by atoms with van der Waals surface area (Å²) >= 11 is 0. The highest BCUT2D eigenvalue weighted by Crippen LogP contribution is 2.21. The van der Waals surface area contributed by atoms with E-state index in [2.05, 4.69) is 15.3 Å². The van der Waals surface area contributed by atoms with E-state index in [0.29, 0.717) is 12.2 Å². The molecule has 1 saturated heterocycles. The van der Waals surface area contributed by atoms with Crippen LogP contribution in [0.2, 0.25) is 0 Å². The Kier molecular flexibility index (Phi) is 5.75. The molecule has 1 fully saturated rings. The number of benzene rings is 1. The van der Waals surface area contributed by atoms with Gasteiger partial charge in [0.25, 0.3) is 5.91 Å². The van der Waals surface area contributed by atoms with Gasteiger partial charge in [-0.1, -0.05) is 19.1 Å². The van der Waals surface area contributed by atoms with Gasteiger partial charge in [-0.3, -0.25) is 19.9 Å². The van der Waals surface area contributed by atoms with E-state index >= 15 is 0 Å². The second kappa shape index (κ2) is 8.39. The summed E-state index contributed by atoms with van der Waals surface area (Å²) in [5, 5.41) is 2.22. The Morgan fingerprint density at radius 1 is 1.22 bits per heavy atom. The number of nitrogens with zero attached hydrogens (tertiary/aromatic N) is 4. The number of rotatable bonds is 7. The van der Waals surface area contributed by atoms with E-state index in [1.54, 1.807) is 24.7 Å². The van der Waals surface area contributed by atoms with Crippen LogP contribution < -0.4 is 10.2 Å². The molecule has 27 heavy (non-hydrogen) atoms. The summed E-state index contributed by atoms with van der Waals surface area (Å²) < 4.78 is 1.92. The summed E-state index contributed by atoms with van der Waals surface area (Å²) in [6.45, 7) is 3.23. The van der Waals surface area contributed by atoms with Crippen LogP contribution >= 0.6 is 0 Å². The first-order chi connectivity index (χ1) is 13.1. The van der Waals surface area contributed by atoms with Crippen LogP contribution in [0, 0.1) is 5.92 Å². The Bertz CT molecular complexity index is 843. The molecule has 8 nitrogen and oxygen atoms in total. The van der Waals surface area contributed by atoms with Crippen LogP contribution in [-0.2, 0) is 22.6 Å². The molecule has 0 spiro atoms. The van der Waals surface area contributed by atoms with Crippen LogP contribution in [-0.4, -0.2) is 40.2 Å². The van der Waals surface area contributed by atoms with Crippen LogP contribution in [0.4, 0.5) is 10.5 Å². The second-order valence-electron chi connectivity index (χ2n) is 6.18. The number of urea groups is 1. The number of nitrogens with one attached hydrogen (secondary N) is 1. The van der Waals surface area contributed by atoms with Crippen molar-refractivity contribution in [2.24, 2.45) is 10.9 Å². The third kappa shape index (κ3) is 4.28. The van der Waals surface area contributed by atoms with Gasteiger partial charge in [0.2, 0.25) is 5.91 Å². The van der Waals surface area contributed by atoms with Crippen molar-refractivity contribution in [2.75, 3.05) is 11.4 Å². The number of amides is 4. The number of aliphatic imine (C=N–C) groups is 1. The molecule has 1 aliphatic heterocycles. The smallest absolute Gasteiger partial charge is 0.335 e. The molecule has 2 heterocycles. The molecule has 140 valence electrons. The van der Waals surface area contributed by atoms with Gasteiger partial charge in [-0.2, -0.15) is 0 Å². The van der Waals surface area contributed by atoms with Crippen molar-refractivity contribution >= 4 is 29.7 Å². The molecular weight excluding hydrogens is 346 g/mol. The highest BCUT2D eigenvalue weighted by molar-refractivity contribution is 6.32. The standard InChI is InChI=1S/C19H21N5O3/c1-2-14-4-6-15(7-5-14)24-18(26)16(17(25)22-19(24)27)12-20-8-3-10-23-11-9-21-13-23/h4-7,9,11-13,16H,2-3,8,10H2,1H3,(H,22,25,27)/t16-/m1/s1. The van der Waals surface area contributed by atoms with Crippen LogP contribution in [0.15, 0.2) is 48.0 Å². The normalized spacial score (nSPS) is 17.6. The average Bonchev–Trinajstić information content (AvgIpc) is 3.17. The van der Waals surface area contributed by atoms with E-state index in [-0.39, 0.29) is 0 Å². The lowest BCUT2D eigenvalue weighted by atomic mass is 10.1. The number of aromatic nitrogens is 2. The summed E-state index contributed by atoms with van der Waals surface area (Å²) in [5.41, 5.74) is 1.52. The topological polar surface area (TPSA) is 96.7 Å². The Hall–Kier alpha value is -3.29. The lowest BCUT2D eigenvalue weighted by Crippen LogP contribution is -2.58. The minimum atomic E-state index is -1.11. The molecule has 0 saturated carbocycles. The van der Waals surface area contributed by atoms with Crippen molar-refractivity contribution in [3.63, 3.8) is 0 Å². The first kappa shape index (κ1) is 18.5. The van der Waals surface area contributed by atoms with Crippen LogP contribution in [0.25, 0.3) is 0 Å². The molecule has 3 rings (SSSR count). The van der Waals surface area contributed by atoms with E-state index in [1.807, 2.05) is 29.8 Å². The first-order valence-electron chi connectivity index (χ1n) is 8.83. The molecule has 1 aromatic heterocycles. The van der Waals surface area contributed by atoms with Crippen LogP contribution in [0.3, 0.4) is 0 Å². The third-order valence-corrected chi connectivity index (χ3v) is 4.32. The molecule has 1 atom stereocenters. The molecular formula is C19H21N5O3. The van der Waals surface area contributed by atoms with Crippen molar-refractivity contribution in [1.82, 2.24) is 14.9 Å². The molecule has 0 aliphatic carbocycles. The molecule has 0 radical (unpaired) electrons. The Balaban J connectivity index is 1.65.